The number of hydrogen-bond acceptors (Lipinski definition) is 5. The molecular formula is C55H86O5. The van der Waals surface area contributed by atoms with Crippen LogP contribution in [0.1, 0.15) is 181 Å². The van der Waals surface area contributed by atoms with Gasteiger partial charge in [0.05, 0.1) is 6.61 Å². The predicted molar refractivity (Wildman–Crippen MR) is 260 cm³/mol. The molecular weight excluding hydrogens is 741 g/mol. The van der Waals surface area contributed by atoms with E-state index in [0.717, 1.165) is 141 Å². The Hall–Kier alpha value is -3.96. The van der Waals surface area contributed by atoms with Crippen LogP contribution in [0.25, 0.3) is 0 Å². The van der Waals surface area contributed by atoms with E-state index in [1.807, 2.05) is 0 Å². The third-order valence-corrected chi connectivity index (χ3v) is 9.44. The monoisotopic (exact) mass is 827 g/mol. The molecule has 1 N–H and O–H groups in total. The van der Waals surface area contributed by atoms with E-state index in [2.05, 4.69) is 148 Å². The molecule has 0 radical (unpaired) electrons. The van der Waals surface area contributed by atoms with Gasteiger partial charge < -0.3 is 14.6 Å². The second-order valence-corrected chi connectivity index (χ2v) is 15.1. The van der Waals surface area contributed by atoms with Crippen molar-refractivity contribution in [2.24, 2.45) is 0 Å². The van der Waals surface area contributed by atoms with Crippen LogP contribution in [-0.2, 0) is 19.1 Å². The van der Waals surface area contributed by atoms with E-state index >= 15 is 0 Å². The quantitative estimate of drug-likeness (QED) is 0.0378. The van der Waals surface area contributed by atoms with Crippen molar-refractivity contribution >= 4 is 11.9 Å². The molecule has 0 rings (SSSR count). The van der Waals surface area contributed by atoms with Crippen molar-refractivity contribution in [1.29, 1.82) is 0 Å². The van der Waals surface area contributed by atoms with Gasteiger partial charge in [-0.3, -0.25) is 9.59 Å². The van der Waals surface area contributed by atoms with Crippen LogP contribution in [0.4, 0.5) is 0 Å². The van der Waals surface area contributed by atoms with Gasteiger partial charge >= 0.3 is 11.9 Å². The maximum absolute atomic E-state index is 12.2. The van der Waals surface area contributed by atoms with Gasteiger partial charge in [-0.15, -0.1) is 0 Å². The Bertz CT molecular complexity index is 1300. The zero-order valence-electron chi connectivity index (χ0n) is 38.2. The fourth-order valence-electron chi connectivity index (χ4n) is 5.94. The van der Waals surface area contributed by atoms with Crippen molar-refractivity contribution in [1.82, 2.24) is 0 Å². The first-order valence-corrected chi connectivity index (χ1v) is 23.7. The summed E-state index contributed by atoms with van der Waals surface area (Å²) in [6, 6.07) is 0. The van der Waals surface area contributed by atoms with Crippen LogP contribution < -0.4 is 0 Å². The number of allylic oxidation sites excluding steroid dienone is 22. The van der Waals surface area contributed by atoms with Crippen molar-refractivity contribution in [2.45, 2.75) is 187 Å². The first-order chi connectivity index (χ1) is 29.6. The highest BCUT2D eigenvalue weighted by Crippen LogP contribution is 2.12. The lowest BCUT2D eigenvalue weighted by molar-refractivity contribution is -0.161. The molecule has 0 amide bonds. The van der Waals surface area contributed by atoms with Crippen LogP contribution in [0.5, 0.6) is 0 Å². The highest BCUT2D eigenvalue weighted by Gasteiger charge is 2.16. The molecule has 0 spiro atoms. The van der Waals surface area contributed by atoms with Crippen LogP contribution >= 0.6 is 0 Å². The summed E-state index contributed by atoms with van der Waals surface area (Å²) in [4.78, 5) is 24.4. The minimum atomic E-state index is -0.797. The lowest BCUT2D eigenvalue weighted by Gasteiger charge is -2.15. The van der Waals surface area contributed by atoms with Gasteiger partial charge in [-0.25, -0.2) is 0 Å². The third-order valence-electron chi connectivity index (χ3n) is 9.44. The van der Waals surface area contributed by atoms with Gasteiger partial charge in [-0.2, -0.15) is 0 Å². The van der Waals surface area contributed by atoms with Gasteiger partial charge in [0.15, 0.2) is 6.10 Å². The second-order valence-electron chi connectivity index (χ2n) is 15.1. The van der Waals surface area contributed by atoms with E-state index < -0.39 is 6.10 Å². The molecule has 0 heterocycles. The van der Waals surface area contributed by atoms with Crippen LogP contribution in [0, 0.1) is 0 Å². The second kappa shape index (κ2) is 49.4. The molecule has 0 fully saturated rings. The SMILES string of the molecule is CC/C=C\C/C=C\C/C=C\C/C=C\C/C=C\C/C=C\C/C=C\C/C=C\CCCCCCCCC(=O)OC(CO)COC(=O)CCCCCCC/C=C\C/C=C\C/C=C\CC. The van der Waals surface area contributed by atoms with E-state index in [1.165, 1.54) is 12.8 Å². The Morgan fingerprint density at radius 2 is 0.667 bits per heavy atom. The smallest absolute Gasteiger partial charge is 0.306 e. The van der Waals surface area contributed by atoms with E-state index in [4.69, 9.17) is 9.47 Å². The Morgan fingerprint density at radius 3 is 1.00 bits per heavy atom. The standard InChI is InChI=1S/C55H86O5/c1-3-5-7-9-11-13-15-17-19-20-21-22-23-24-25-26-27-28-29-30-31-32-33-34-36-38-40-42-44-46-48-50-55(58)60-53(51-56)52-59-54(57)49-47-45-43-41-39-37-35-18-16-14-12-10-8-6-4-2/h5-8,11-14,17-19,21-22,24-25,27-28,30-31,33-35,53,56H,3-4,9-10,15-16,20,23,26,29,32,36-52H2,1-2H3/b7-5-,8-6-,13-11-,14-12-,19-17-,22-21-,25-24-,28-27-,31-30-,34-33-,35-18-. The summed E-state index contributed by atoms with van der Waals surface area (Å²) < 4.78 is 10.6. The molecule has 0 bridgehead atoms. The van der Waals surface area contributed by atoms with Gasteiger partial charge in [-0.05, 0) is 109 Å². The summed E-state index contributed by atoms with van der Waals surface area (Å²) in [5.74, 6) is -0.640. The number of hydrogen-bond donors (Lipinski definition) is 1. The molecule has 336 valence electrons. The van der Waals surface area contributed by atoms with Gasteiger partial charge in [0, 0.05) is 12.8 Å². The summed E-state index contributed by atoms with van der Waals surface area (Å²) in [5, 5.41) is 9.60. The number of esters is 2. The average molecular weight is 827 g/mol. The van der Waals surface area contributed by atoms with Crippen LogP contribution in [0.2, 0.25) is 0 Å². The lowest BCUT2D eigenvalue weighted by Crippen LogP contribution is -2.28. The molecule has 0 saturated heterocycles. The van der Waals surface area contributed by atoms with E-state index in [9.17, 15) is 14.7 Å². The van der Waals surface area contributed by atoms with Crippen molar-refractivity contribution < 1.29 is 24.2 Å². The Morgan fingerprint density at radius 1 is 0.383 bits per heavy atom. The Labute approximate surface area is 368 Å². The highest BCUT2D eigenvalue weighted by molar-refractivity contribution is 5.70. The molecule has 5 nitrogen and oxygen atoms in total. The maximum Gasteiger partial charge on any atom is 0.306 e. The molecule has 5 heteroatoms. The molecule has 1 atom stereocenters. The van der Waals surface area contributed by atoms with Crippen molar-refractivity contribution in [3.8, 4) is 0 Å². The van der Waals surface area contributed by atoms with Gasteiger partial charge in [0.25, 0.3) is 0 Å². The van der Waals surface area contributed by atoms with Crippen LogP contribution in [0.3, 0.4) is 0 Å². The third kappa shape index (κ3) is 46.7. The maximum atomic E-state index is 12.2. The first kappa shape index (κ1) is 56.0. The molecule has 0 saturated carbocycles. The van der Waals surface area contributed by atoms with Gasteiger partial charge in [0.2, 0.25) is 0 Å². The van der Waals surface area contributed by atoms with Crippen LogP contribution in [0.15, 0.2) is 134 Å². The summed E-state index contributed by atoms with van der Waals surface area (Å²) in [7, 11) is 0. The number of rotatable bonds is 41. The molecule has 1 unspecified atom stereocenters. The topological polar surface area (TPSA) is 72.8 Å². The molecule has 60 heavy (non-hydrogen) atoms. The van der Waals surface area contributed by atoms with Crippen LogP contribution in [-0.4, -0.2) is 36.4 Å². The highest BCUT2D eigenvalue weighted by atomic mass is 16.6. The Balaban J connectivity index is 3.66. The predicted octanol–water partition coefficient (Wildman–Crippen LogP) is 15.7. The minimum Gasteiger partial charge on any atom is -0.462 e. The molecule has 0 aliphatic rings. The summed E-state index contributed by atoms with van der Waals surface area (Å²) >= 11 is 0. The molecule has 0 aliphatic carbocycles. The first-order valence-electron chi connectivity index (χ1n) is 23.7. The fourth-order valence-corrected chi connectivity index (χ4v) is 5.94. The van der Waals surface area contributed by atoms with Crippen molar-refractivity contribution in [3.05, 3.63) is 134 Å². The van der Waals surface area contributed by atoms with E-state index in [-0.39, 0.29) is 25.2 Å². The molecule has 0 aromatic carbocycles. The van der Waals surface area contributed by atoms with E-state index in [1.54, 1.807) is 0 Å². The molecule has 0 aromatic heterocycles. The number of carbonyl (C=O) groups is 2. The number of carbonyl (C=O) groups excluding carboxylic acids is 2. The Kier molecular flexibility index (Phi) is 46.1. The number of aliphatic hydroxyl groups is 1. The summed E-state index contributed by atoms with van der Waals surface area (Å²) in [6.45, 7) is 3.87. The number of ether oxygens (including phenoxy) is 2. The number of unbranched alkanes of at least 4 members (excludes halogenated alkanes) is 11. The largest absolute Gasteiger partial charge is 0.462 e. The lowest BCUT2D eigenvalue weighted by atomic mass is 10.1. The summed E-state index contributed by atoms with van der Waals surface area (Å²) in [6.07, 6.45) is 73.9. The normalized spacial score (nSPS) is 13.4. The fraction of sp³-hybridized carbons (Fsp3) is 0.564. The molecule has 0 aliphatic heterocycles. The van der Waals surface area contributed by atoms with Crippen molar-refractivity contribution in [3.63, 3.8) is 0 Å². The van der Waals surface area contributed by atoms with Crippen molar-refractivity contribution in [2.75, 3.05) is 13.2 Å². The average Bonchev–Trinajstić information content (AvgIpc) is 3.25. The molecule has 0 aromatic rings. The van der Waals surface area contributed by atoms with Gasteiger partial charge in [-0.1, -0.05) is 192 Å². The minimum absolute atomic E-state index is 0.0902. The van der Waals surface area contributed by atoms with E-state index in [0.29, 0.717) is 12.8 Å². The zero-order chi connectivity index (χ0) is 43.5. The zero-order valence-corrected chi connectivity index (χ0v) is 38.2. The summed E-state index contributed by atoms with van der Waals surface area (Å²) in [5.41, 5.74) is 0. The van der Waals surface area contributed by atoms with Gasteiger partial charge in [0.1, 0.15) is 6.61 Å². The number of aliphatic hydroxyl groups excluding tert-OH is 1.